The predicted molar refractivity (Wildman–Crippen MR) is 62.6 cm³/mol. The fraction of sp³-hybridized carbons (Fsp3) is 0.917. The van der Waals surface area contributed by atoms with Crippen molar-refractivity contribution in [3.05, 3.63) is 0 Å². The SMILES string of the molecule is CC(C)(C)OC(=O)NCC1(O)CCC(F)(F)CC1. The number of alkyl carbamates (subject to hydrolysis) is 1. The minimum Gasteiger partial charge on any atom is -0.444 e. The second-order valence-electron chi connectivity index (χ2n) is 5.94. The predicted octanol–water partition coefficient (Wildman–Crippen LogP) is 2.45. The maximum atomic E-state index is 12.9. The number of carbonyl (C=O) groups is 1. The van der Waals surface area contributed by atoms with Crippen molar-refractivity contribution in [2.45, 2.75) is 63.6 Å². The van der Waals surface area contributed by atoms with E-state index in [1.807, 2.05) is 0 Å². The van der Waals surface area contributed by atoms with Gasteiger partial charge in [-0.15, -0.1) is 0 Å². The van der Waals surface area contributed by atoms with Crippen LogP contribution in [0.25, 0.3) is 0 Å². The summed E-state index contributed by atoms with van der Waals surface area (Å²) in [7, 11) is 0. The van der Waals surface area contributed by atoms with Crippen LogP contribution in [0.2, 0.25) is 0 Å². The van der Waals surface area contributed by atoms with Gasteiger partial charge in [0.2, 0.25) is 5.92 Å². The van der Waals surface area contributed by atoms with E-state index in [2.05, 4.69) is 5.32 Å². The standard InChI is InChI=1S/C12H21F2NO3/c1-10(2,3)18-9(16)15-8-11(17)4-6-12(13,14)7-5-11/h17H,4-8H2,1-3H3,(H,15,16). The van der Waals surface area contributed by atoms with E-state index in [1.54, 1.807) is 20.8 Å². The van der Waals surface area contributed by atoms with E-state index in [-0.39, 0.29) is 32.2 Å². The topological polar surface area (TPSA) is 58.6 Å². The maximum absolute atomic E-state index is 12.9. The molecule has 0 spiro atoms. The highest BCUT2D eigenvalue weighted by atomic mass is 19.3. The van der Waals surface area contributed by atoms with Crippen molar-refractivity contribution in [2.24, 2.45) is 0 Å². The molecule has 1 aliphatic rings. The molecule has 0 aromatic rings. The van der Waals surface area contributed by atoms with Crippen LogP contribution < -0.4 is 5.32 Å². The van der Waals surface area contributed by atoms with Gasteiger partial charge in [-0.1, -0.05) is 0 Å². The number of amides is 1. The summed E-state index contributed by atoms with van der Waals surface area (Å²) >= 11 is 0. The Hall–Kier alpha value is -0.910. The first-order chi connectivity index (χ1) is 8.02. The number of halogens is 2. The normalized spacial score (nSPS) is 22.3. The molecule has 6 heteroatoms. The average molecular weight is 265 g/mol. The van der Waals surface area contributed by atoms with E-state index in [1.165, 1.54) is 0 Å². The summed E-state index contributed by atoms with van der Waals surface area (Å²) in [6, 6.07) is 0. The smallest absolute Gasteiger partial charge is 0.407 e. The Bertz CT molecular complexity index is 303. The van der Waals surface area contributed by atoms with Crippen LogP contribution in [-0.4, -0.2) is 34.9 Å². The van der Waals surface area contributed by atoms with Gasteiger partial charge in [0.05, 0.1) is 5.60 Å². The van der Waals surface area contributed by atoms with Crippen LogP contribution in [0.4, 0.5) is 13.6 Å². The zero-order valence-corrected chi connectivity index (χ0v) is 11.1. The van der Waals surface area contributed by atoms with Gasteiger partial charge in [0.15, 0.2) is 0 Å². The van der Waals surface area contributed by atoms with Crippen molar-refractivity contribution in [1.29, 1.82) is 0 Å². The van der Waals surface area contributed by atoms with E-state index in [0.717, 1.165) is 0 Å². The summed E-state index contributed by atoms with van der Waals surface area (Å²) in [5, 5.41) is 12.5. The second-order valence-corrected chi connectivity index (χ2v) is 5.94. The molecule has 0 radical (unpaired) electrons. The summed E-state index contributed by atoms with van der Waals surface area (Å²) in [5.74, 6) is -2.70. The Kier molecular flexibility index (Phi) is 4.20. The van der Waals surface area contributed by atoms with Crippen LogP contribution in [-0.2, 0) is 4.74 Å². The van der Waals surface area contributed by atoms with Crippen LogP contribution in [0.15, 0.2) is 0 Å². The highest BCUT2D eigenvalue weighted by Gasteiger charge is 2.42. The molecule has 4 nitrogen and oxygen atoms in total. The van der Waals surface area contributed by atoms with Gasteiger partial charge in [0.1, 0.15) is 5.60 Å². The minimum atomic E-state index is -2.70. The van der Waals surface area contributed by atoms with Gasteiger partial charge < -0.3 is 15.2 Å². The average Bonchev–Trinajstić information content (AvgIpc) is 2.18. The van der Waals surface area contributed by atoms with Crippen molar-refractivity contribution in [1.82, 2.24) is 5.32 Å². The number of rotatable bonds is 2. The molecule has 0 aliphatic heterocycles. The highest BCUT2D eigenvalue weighted by Crippen LogP contribution is 2.38. The van der Waals surface area contributed by atoms with Crippen LogP contribution >= 0.6 is 0 Å². The highest BCUT2D eigenvalue weighted by molar-refractivity contribution is 5.67. The summed E-state index contributed by atoms with van der Waals surface area (Å²) in [5.41, 5.74) is -1.87. The third-order valence-corrected chi connectivity index (χ3v) is 2.87. The van der Waals surface area contributed by atoms with Crippen LogP contribution in [0.5, 0.6) is 0 Å². The first kappa shape index (κ1) is 15.1. The fourth-order valence-electron chi connectivity index (χ4n) is 1.81. The molecular formula is C12H21F2NO3. The first-order valence-electron chi connectivity index (χ1n) is 6.09. The molecule has 0 bridgehead atoms. The molecule has 0 atom stereocenters. The quantitative estimate of drug-likeness (QED) is 0.806. The first-order valence-corrected chi connectivity index (χ1v) is 6.09. The van der Waals surface area contributed by atoms with E-state index in [4.69, 9.17) is 4.74 Å². The number of alkyl halides is 2. The zero-order valence-electron chi connectivity index (χ0n) is 11.1. The Labute approximate surface area is 106 Å². The Morgan fingerprint density at radius 3 is 2.22 bits per heavy atom. The van der Waals surface area contributed by atoms with E-state index in [0.29, 0.717) is 0 Å². The Morgan fingerprint density at radius 2 is 1.78 bits per heavy atom. The van der Waals surface area contributed by atoms with E-state index in [9.17, 15) is 18.7 Å². The van der Waals surface area contributed by atoms with Gasteiger partial charge in [-0.3, -0.25) is 0 Å². The van der Waals surface area contributed by atoms with Gasteiger partial charge in [-0.05, 0) is 33.6 Å². The van der Waals surface area contributed by atoms with E-state index < -0.39 is 23.2 Å². The van der Waals surface area contributed by atoms with Crippen LogP contribution in [0.1, 0.15) is 46.5 Å². The monoisotopic (exact) mass is 265 g/mol. The lowest BCUT2D eigenvalue weighted by atomic mass is 9.83. The van der Waals surface area contributed by atoms with Gasteiger partial charge in [-0.2, -0.15) is 0 Å². The molecule has 0 saturated heterocycles. The lowest BCUT2D eigenvalue weighted by Crippen LogP contribution is -2.48. The number of hydrogen-bond donors (Lipinski definition) is 2. The zero-order chi connectivity index (χ0) is 14.0. The second kappa shape index (κ2) is 4.99. The van der Waals surface area contributed by atoms with Crippen molar-refractivity contribution < 1.29 is 23.4 Å². The summed E-state index contributed by atoms with van der Waals surface area (Å²) < 4.78 is 30.9. The molecule has 1 amide bonds. The van der Waals surface area contributed by atoms with Crippen molar-refractivity contribution in [3.63, 3.8) is 0 Å². The molecule has 106 valence electrons. The molecule has 0 aromatic heterocycles. The third-order valence-electron chi connectivity index (χ3n) is 2.87. The molecule has 0 aromatic carbocycles. The van der Waals surface area contributed by atoms with E-state index >= 15 is 0 Å². The summed E-state index contributed by atoms with van der Waals surface area (Å²) in [6.07, 6.45) is -1.38. The van der Waals surface area contributed by atoms with Crippen LogP contribution in [0.3, 0.4) is 0 Å². The Balaban J connectivity index is 2.37. The fourth-order valence-corrected chi connectivity index (χ4v) is 1.81. The molecule has 0 unspecified atom stereocenters. The molecule has 1 saturated carbocycles. The number of hydrogen-bond acceptors (Lipinski definition) is 3. The van der Waals surface area contributed by atoms with Gasteiger partial charge in [0.25, 0.3) is 0 Å². The third kappa shape index (κ3) is 5.16. The van der Waals surface area contributed by atoms with Gasteiger partial charge in [-0.25, -0.2) is 13.6 Å². The summed E-state index contributed by atoms with van der Waals surface area (Å²) in [6.45, 7) is 5.12. The molecular weight excluding hydrogens is 244 g/mol. The van der Waals surface area contributed by atoms with Crippen molar-refractivity contribution in [2.75, 3.05) is 6.54 Å². The molecule has 1 aliphatic carbocycles. The van der Waals surface area contributed by atoms with Gasteiger partial charge in [0, 0.05) is 19.4 Å². The molecule has 0 heterocycles. The van der Waals surface area contributed by atoms with Crippen LogP contribution in [0, 0.1) is 0 Å². The molecule has 18 heavy (non-hydrogen) atoms. The van der Waals surface area contributed by atoms with Gasteiger partial charge >= 0.3 is 6.09 Å². The number of ether oxygens (including phenoxy) is 1. The van der Waals surface area contributed by atoms with Crippen molar-refractivity contribution >= 4 is 6.09 Å². The number of nitrogens with one attached hydrogen (secondary N) is 1. The molecule has 2 N–H and O–H groups in total. The molecule has 1 rings (SSSR count). The maximum Gasteiger partial charge on any atom is 0.407 e. The van der Waals surface area contributed by atoms with Crippen molar-refractivity contribution in [3.8, 4) is 0 Å². The summed E-state index contributed by atoms with van der Waals surface area (Å²) in [4.78, 5) is 11.4. The Morgan fingerprint density at radius 1 is 1.28 bits per heavy atom. The lowest BCUT2D eigenvalue weighted by Gasteiger charge is -2.36. The minimum absolute atomic E-state index is 0.0181. The number of aliphatic hydroxyl groups is 1. The molecule has 1 fully saturated rings. The largest absolute Gasteiger partial charge is 0.444 e. The lowest BCUT2D eigenvalue weighted by molar-refractivity contribution is -0.102. The number of carbonyl (C=O) groups excluding carboxylic acids is 1.